The summed E-state index contributed by atoms with van der Waals surface area (Å²) in [5.41, 5.74) is 6.04. The second-order valence-electron chi connectivity index (χ2n) is 5.49. The highest BCUT2D eigenvalue weighted by Crippen LogP contribution is 2.36. The van der Waals surface area contributed by atoms with Crippen molar-refractivity contribution in [3.8, 4) is 0 Å². The van der Waals surface area contributed by atoms with Crippen LogP contribution in [-0.2, 0) is 9.59 Å². The Morgan fingerprint density at radius 2 is 2.05 bits per heavy atom. The predicted molar refractivity (Wildman–Crippen MR) is 75.9 cm³/mol. The Balaban J connectivity index is 0.00000180. The van der Waals surface area contributed by atoms with Crippen molar-refractivity contribution in [2.45, 2.75) is 38.6 Å². The molecule has 0 bridgehead atoms. The van der Waals surface area contributed by atoms with Gasteiger partial charge in [0.2, 0.25) is 11.8 Å². The molecule has 3 unspecified atom stereocenters. The maximum Gasteiger partial charge on any atom is 0.241 e. The van der Waals surface area contributed by atoms with E-state index in [-0.39, 0.29) is 36.8 Å². The molecule has 3 atom stereocenters. The number of hydrogen-bond donors (Lipinski definition) is 2. The minimum Gasteiger partial charge on any atom is -0.347 e. The molecule has 2 rings (SSSR count). The van der Waals surface area contributed by atoms with Crippen LogP contribution >= 0.6 is 12.4 Å². The first-order valence-corrected chi connectivity index (χ1v) is 6.92. The van der Waals surface area contributed by atoms with Crippen LogP contribution in [0.15, 0.2) is 0 Å². The highest BCUT2D eigenvalue weighted by atomic mass is 35.5. The number of carbonyl (C=O) groups excluding carboxylic acids is 2. The zero-order valence-electron chi connectivity index (χ0n) is 11.4. The number of rotatable bonds is 4. The molecule has 3 N–H and O–H groups in total. The molecule has 2 aliphatic rings. The zero-order chi connectivity index (χ0) is 13.1. The van der Waals surface area contributed by atoms with Crippen LogP contribution in [0.2, 0.25) is 0 Å². The first kappa shape index (κ1) is 16.2. The van der Waals surface area contributed by atoms with E-state index < -0.39 is 0 Å². The average molecular weight is 290 g/mol. The van der Waals surface area contributed by atoms with Crippen molar-refractivity contribution < 1.29 is 9.59 Å². The van der Waals surface area contributed by atoms with Gasteiger partial charge in [0.1, 0.15) is 0 Å². The average Bonchev–Trinajstić information content (AvgIpc) is 2.89. The summed E-state index contributed by atoms with van der Waals surface area (Å²) < 4.78 is 0. The number of amides is 2. The van der Waals surface area contributed by atoms with Gasteiger partial charge in [-0.15, -0.1) is 12.4 Å². The van der Waals surface area contributed by atoms with E-state index >= 15 is 0 Å². The molecule has 0 aromatic carbocycles. The molecule has 6 heteroatoms. The van der Waals surface area contributed by atoms with E-state index in [1.165, 1.54) is 0 Å². The second kappa shape index (κ2) is 7.10. The third-order valence-electron chi connectivity index (χ3n) is 4.18. The van der Waals surface area contributed by atoms with Gasteiger partial charge in [0.05, 0.1) is 6.54 Å². The molecular weight excluding hydrogens is 266 g/mol. The number of likely N-dealkylation sites (tertiary alicyclic amines) is 1. The highest BCUT2D eigenvalue weighted by molar-refractivity contribution is 5.85. The molecule has 110 valence electrons. The van der Waals surface area contributed by atoms with Crippen LogP contribution in [0.5, 0.6) is 0 Å². The maximum atomic E-state index is 12.0. The van der Waals surface area contributed by atoms with E-state index in [2.05, 4.69) is 5.32 Å². The lowest BCUT2D eigenvalue weighted by Crippen LogP contribution is -2.40. The molecule has 1 saturated carbocycles. The monoisotopic (exact) mass is 289 g/mol. The molecule has 0 aromatic rings. The van der Waals surface area contributed by atoms with E-state index in [0.29, 0.717) is 18.3 Å². The van der Waals surface area contributed by atoms with Gasteiger partial charge in [-0.3, -0.25) is 9.59 Å². The molecule has 1 saturated heterocycles. The lowest BCUT2D eigenvalue weighted by molar-refractivity contribution is -0.132. The molecule has 0 spiro atoms. The summed E-state index contributed by atoms with van der Waals surface area (Å²) in [6, 6.07) is 0.252. The summed E-state index contributed by atoms with van der Waals surface area (Å²) in [5.74, 6) is 1.04. The summed E-state index contributed by atoms with van der Waals surface area (Å²) in [5, 5.41) is 2.68. The third-order valence-corrected chi connectivity index (χ3v) is 4.18. The Kier molecular flexibility index (Phi) is 6.07. The third kappa shape index (κ3) is 3.83. The summed E-state index contributed by atoms with van der Waals surface area (Å²) in [4.78, 5) is 25.1. The summed E-state index contributed by atoms with van der Waals surface area (Å²) in [6.07, 6.45) is 3.52. The fraction of sp³-hybridized carbons (Fsp3) is 0.846. The summed E-state index contributed by atoms with van der Waals surface area (Å²) >= 11 is 0. The number of carbonyl (C=O) groups is 2. The fourth-order valence-electron chi connectivity index (χ4n) is 3.11. The molecule has 0 aromatic heterocycles. The molecule has 19 heavy (non-hydrogen) atoms. The van der Waals surface area contributed by atoms with Crippen LogP contribution in [0.3, 0.4) is 0 Å². The number of nitrogens with one attached hydrogen (secondary N) is 1. The Hall–Kier alpha value is -0.810. The first-order chi connectivity index (χ1) is 8.61. The quantitative estimate of drug-likeness (QED) is 0.792. The highest BCUT2D eigenvalue weighted by Gasteiger charge is 2.42. The lowest BCUT2D eigenvalue weighted by Gasteiger charge is -2.19. The Bertz CT molecular complexity index is 338. The second-order valence-corrected chi connectivity index (χ2v) is 5.49. The number of hydrogen-bond acceptors (Lipinski definition) is 3. The molecule has 5 nitrogen and oxygen atoms in total. The van der Waals surface area contributed by atoms with Crippen LogP contribution in [0, 0.1) is 11.8 Å². The number of halogens is 1. The summed E-state index contributed by atoms with van der Waals surface area (Å²) in [7, 11) is 0. The largest absolute Gasteiger partial charge is 0.347 e. The van der Waals surface area contributed by atoms with Crippen LogP contribution in [0.25, 0.3) is 0 Å². The SMILES string of the molecule is CCCC(=O)NCC(=O)N1CC2CCC(N)C2C1.Cl. The molecule has 2 amide bonds. The van der Waals surface area contributed by atoms with E-state index in [0.717, 1.165) is 32.4 Å². The topological polar surface area (TPSA) is 75.4 Å². The minimum atomic E-state index is -0.0399. The predicted octanol–water partition coefficient (Wildman–Crippen LogP) is 0.520. The van der Waals surface area contributed by atoms with Gasteiger partial charge in [-0.05, 0) is 31.1 Å². The standard InChI is InChI=1S/C13H23N3O2.ClH/c1-2-3-12(17)15-6-13(18)16-7-9-4-5-11(14)10(9)8-16;/h9-11H,2-8,14H2,1H3,(H,15,17);1H. The Morgan fingerprint density at radius 3 is 2.68 bits per heavy atom. The molecule has 0 radical (unpaired) electrons. The normalized spacial score (nSPS) is 28.7. The van der Waals surface area contributed by atoms with Crippen LogP contribution < -0.4 is 11.1 Å². The Labute approximate surface area is 120 Å². The zero-order valence-corrected chi connectivity index (χ0v) is 12.2. The smallest absolute Gasteiger partial charge is 0.241 e. The molecule has 1 heterocycles. The van der Waals surface area contributed by atoms with Crippen molar-refractivity contribution >= 4 is 24.2 Å². The van der Waals surface area contributed by atoms with Crippen molar-refractivity contribution in [3.63, 3.8) is 0 Å². The van der Waals surface area contributed by atoms with Gasteiger partial charge in [0.15, 0.2) is 0 Å². The maximum absolute atomic E-state index is 12.0. The number of nitrogens with zero attached hydrogens (tertiary/aromatic N) is 1. The van der Waals surface area contributed by atoms with E-state index in [9.17, 15) is 9.59 Å². The van der Waals surface area contributed by atoms with E-state index in [1.54, 1.807) is 0 Å². The van der Waals surface area contributed by atoms with E-state index in [4.69, 9.17) is 5.73 Å². The van der Waals surface area contributed by atoms with Gasteiger partial charge in [0.25, 0.3) is 0 Å². The van der Waals surface area contributed by atoms with Crippen molar-refractivity contribution in [2.75, 3.05) is 19.6 Å². The van der Waals surface area contributed by atoms with Crippen LogP contribution in [0.1, 0.15) is 32.6 Å². The first-order valence-electron chi connectivity index (χ1n) is 6.92. The van der Waals surface area contributed by atoms with Gasteiger partial charge < -0.3 is 16.0 Å². The van der Waals surface area contributed by atoms with Crippen molar-refractivity contribution in [1.29, 1.82) is 0 Å². The van der Waals surface area contributed by atoms with Gasteiger partial charge >= 0.3 is 0 Å². The van der Waals surface area contributed by atoms with Gasteiger partial charge in [0, 0.05) is 25.6 Å². The van der Waals surface area contributed by atoms with Crippen molar-refractivity contribution in [3.05, 3.63) is 0 Å². The van der Waals surface area contributed by atoms with Gasteiger partial charge in [-0.25, -0.2) is 0 Å². The van der Waals surface area contributed by atoms with Crippen LogP contribution in [-0.4, -0.2) is 42.4 Å². The number of nitrogens with two attached hydrogens (primary N) is 1. The van der Waals surface area contributed by atoms with E-state index in [1.807, 2.05) is 11.8 Å². The fourth-order valence-corrected chi connectivity index (χ4v) is 3.11. The molecule has 1 aliphatic heterocycles. The van der Waals surface area contributed by atoms with Crippen molar-refractivity contribution in [1.82, 2.24) is 10.2 Å². The lowest BCUT2D eigenvalue weighted by atomic mass is 9.98. The molecule has 2 fully saturated rings. The van der Waals surface area contributed by atoms with Gasteiger partial charge in [-0.1, -0.05) is 6.92 Å². The Morgan fingerprint density at radius 1 is 1.32 bits per heavy atom. The van der Waals surface area contributed by atoms with Crippen molar-refractivity contribution in [2.24, 2.45) is 17.6 Å². The summed E-state index contributed by atoms with van der Waals surface area (Å²) in [6.45, 7) is 3.67. The molecular formula is C13H24ClN3O2. The van der Waals surface area contributed by atoms with Crippen LogP contribution in [0.4, 0.5) is 0 Å². The minimum absolute atomic E-state index is 0. The van der Waals surface area contributed by atoms with Gasteiger partial charge in [-0.2, -0.15) is 0 Å². The number of fused-ring (bicyclic) bond motifs is 1. The molecule has 1 aliphatic carbocycles.